The Labute approximate surface area is 160 Å². The molecule has 0 saturated carbocycles. The monoisotopic (exact) mass is 361 g/mol. The van der Waals surface area contributed by atoms with Crippen LogP contribution in [0.4, 0.5) is 5.69 Å². The number of piperazine rings is 1. The summed E-state index contributed by atoms with van der Waals surface area (Å²) in [6.45, 7) is 13.4. The summed E-state index contributed by atoms with van der Waals surface area (Å²) in [5, 5.41) is 9.77. The molecule has 4 heteroatoms. The van der Waals surface area contributed by atoms with E-state index in [1.807, 2.05) is 11.9 Å². The van der Waals surface area contributed by atoms with Crippen molar-refractivity contribution in [2.45, 2.75) is 59.2 Å². The van der Waals surface area contributed by atoms with Gasteiger partial charge in [-0.25, -0.2) is 0 Å². The van der Waals surface area contributed by atoms with E-state index in [9.17, 15) is 5.11 Å². The van der Waals surface area contributed by atoms with Crippen molar-refractivity contribution < 1.29 is 5.11 Å². The zero-order valence-electron chi connectivity index (χ0n) is 17.3. The van der Waals surface area contributed by atoms with Gasteiger partial charge in [0.1, 0.15) is 6.23 Å². The van der Waals surface area contributed by atoms with Gasteiger partial charge in [-0.15, -0.1) is 0 Å². The lowest BCUT2D eigenvalue weighted by Gasteiger charge is -2.36. The van der Waals surface area contributed by atoms with Crippen LogP contribution in [0.3, 0.4) is 0 Å². The van der Waals surface area contributed by atoms with Crippen molar-refractivity contribution in [2.24, 2.45) is 5.92 Å². The van der Waals surface area contributed by atoms with Gasteiger partial charge in [0.15, 0.2) is 0 Å². The van der Waals surface area contributed by atoms with E-state index in [-0.39, 0.29) is 0 Å². The van der Waals surface area contributed by atoms with Crippen LogP contribution in [0.15, 0.2) is 24.3 Å². The van der Waals surface area contributed by atoms with Crippen LogP contribution in [0.5, 0.6) is 0 Å². The van der Waals surface area contributed by atoms with Gasteiger partial charge in [-0.1, -0.05) is 38.8 Å². The molecule has 1 aromatic rings. The van der Waals surface area contributed by atoms with Gasteiger partial charge in [-0.2, -0.15) is 0 Å². The Balaban J connectivity index is 1.82. The number of aliphatic hydroxyl groups is 1. The smallest absolute Gasteiger partial charge is 0.123 e. The molecular weight excluding hydrogens is 322 g/mol. The molecule has 1 unspecified atom stereocenters. The second-order valence-corrected chi connectivity index (χ2v) is 7.93. The quantitative estimate of drug-likeness (QED) is 0.642. The molecule has 1 saturated heterocycles. The lowest BCUT2D eigenvalue weighted by molar-refractivity contribution is 0.109. The van der Waals surface area contributed by atoms with E-state index in [0.717, 1.165) is 31.2 Å². The van der Waals surface area contributed by atoms with E-state index >= 15 is 0 Å². The summed E-state index contributed by atoms with van der Waals surface area (Å²) < 4.78 is 0. The molecule has 4 nitrogen and oxygen atoms in total. The molecule has 1 atom stereocenters. The molecular formula is C22H39N3O. The van der Waals surface area contributed by atoms with Crippen LogP contribution >= 0.6 is 0 Å². The molecule has 1 aliphatic heterocycles. The van der Waals surface area contributed by atoms with Crippen molar-refractivity contribution in [3.63, 3.8) is 0 Å². The second kappa shape index (κ2) is 10.9. The first-order chi connectivity index (χ1) is 12.5. The Morgan fingerprint density at radius 2 is 1.65 bits per heavy atom. The van der Waals surface area contributed by atoms with Crippen LogP contribution in [-0.4, -0.2) is 60.9 Å². The molecule has 0 aliphatic carbocycles. The molecule has 148 valence electrons. The van der Waals surface area contributed by atoms with Crippen molar-refractivity contribution >= 4 is 5.69 Å². The molecule has 0 aromatic heterocycles. The second-order valence-electron chi connectivity index (χ2n) is 7.93. The lowest BCUT2D eigenvalue weighted by atomic mass is 9.97. The van der Waals surface area contributed by atoms with E-state index in [0.29, 0.717) is 0 Å². The third kappa shape index (κ3) is 6.57. The first-order valence-corrected chi connectivity index (χ1v) is 10.5. The van der Waals surface area contributed by atoms with Gasteiger partial charge < -0.3 is 14.9 Å². The van der Waals surface area contributed by atoms with E-state index in [4.69, 9.17) is 0 Å². The fourth-order valence-electron chi connectivity index (χ4n) is 3.99. The topological polar surface area (TPSA) is 30.0 Å². The molecule has 0 spiro atoms. The summed E-state index contributed by atoms with van der Waals surface area (Å²) in [6.07, 6.45) is 4.90. The fraction of sp³-hybridized carbons (Fsp3) is 0.727. The van der Waals surface area contributed by atoms with Crippen LogP contribution in [0, 0.1) is 5.92 Å². The highest BCUT2D eigenvalue weighted by atomic mass is 16.3. The Morgan fingerprint density at radius 3 is 2.23 bits per heavy atom. The summed E-state index contributed by atoms with van der Waals surface area (Å²) in [4.78, 5) is 7.14. The molecule has 0 radical (unpaired) electrons. The summed E-state index contributed by atoms with van der Waals surface area (Å²) in [5.41, 5.74) is 2.41. The zero-order valence-corrected chi connectivity index (χ0v) is 17.3. The number of rotatable bonds is 10. The van der Waals surface area contributed by atoms with Crippen LogP contribution in [0.25, 0.3) is 0 Å². The van der Waals surface area contributed by atoms with E-state index in [1.54, 1.807) is 6.92 Å². The van der Waals surface area contributed by atoms with Crippen molar-refractivity contribution in [1.82, 2.24) is 9.80 Å². The van der Waals surface area contributed by atoms with Gasteiger partial charge in [-0.05, 0) is 43.4 Å². The standard InChI is InChI=1S/C22H39N3O/c1-5-8-20(9-6-2)17-24-12-14-25(15-13-24)18-21-10-7-11-22(16-21)23(4)19(3)26/h7,10-11,16,19-20,26H,5-6,8-9,12-15,17-18H2,1-4H3. The van der Waals surface area contributed by atoms with Crippen LogP contribution in [0.1, 0.15) is 52.0 Å². The summed E-state index contributed by atoms with van der Waals surface area (Å²) in [6, 6.07) is 8.57. The largest absolute Gasteiger partial charge is 0.374 e. The maximum Gasteiger partial charge on any atom is 0.123 e. The Bertz CT molecular complexity index is 506. The summed E-state index contributed by atoms with van der Waals surface area (Å²) in [7, 11) is 1.94. The SMILES string of the molecule is CCCC(CCC)CN1CCN(Cc2cccc(N(C)C(C)O)c2)CC1. The summed E-state index contributed by atoms with van der Waals surface area (Å²) >= 11 is 0. The average molecular weight is 362 g/mol. The molecule has 1 aliphatic rings. The highest BCUT2D eigenvalue weighted by Crippen LogP contribution is 2.19. The Kier molecular flexibility index (Phi) is 8.89. The van der Waals surface area contributed by atoms with Gasteiger partial charge in [-0.3, -0.25) is 4.90 Å². The minimum absolute atomic E-state index is 0.465. The highest BCUT2D eigenvalue weighted by molar-refractivity contribution is 5.48. The van der Waals surface area contributed by atoms with Gasteiger partial charge >= 0.3 is 0 Å². The molecule has 2 rings (SSSR count). The predicted molar refractivity (Wildman–Crippen MR) is 112 cm³/mol. The predicted octanol–water partition coefficient (Wildman–Crippen LogP) is 3.80. The average Bonchev–Trinajstić information content (AvgIpc) is 2.63. The number of hydrogen-bond donors (Lipinski definition) is 1. The van der Waals surface area contributed by atoms with Gasteiger partial charge in [0.25, 0.3) is 0 Å². The molecule has 1 heterocycles. The minimum Gasteiger partial charge on any atom is -0.374 e. The molecule has 26 heavy (non-hydrogen) atoms. The van der Waals surface area contributed by atoms with Crippen LogP contribution < -0.4 is 4.90 Å². The van der Waals surface area contributed by atoms with E-state index in [1.165, 1.54) is 50.9 Å². The van der Waals surface area contributed by atoms with Gasteiger partial charge in [0.2, 0.25) is 0 Å². The molecule has 1 N–H and O–H groups in total. The van der Waals surface area contributed by atoms with E-state index < -0.39 is 6.23 Å². The first-order valence-electron chi connectivity index (χ1n) is 10.5. The normalized spacial score (nSPS) is 17.6. The van der Waals surface area contributed by atoms with Crippen LogP contribution in [-0.2, 0) is 6.54 Å². The van der Waals surface area contributed by atoms with Crippen molar-refractivity contribution in [2.75, 3.05) is 44.7 Å². The van der Waals surface area contributed by atoms with Gasteiger partial charge in [0.05, 0.1) is 0 Å². The minimum atomic E-state index is -0.465. The highest BCUT2D eigenvalue weighted by Gasteiger charge is 2.20. The van der Waals surface area contributed by atoms with Crippen molar-refractivity contribution in [3.8, 4) is 0 Å². The zero-order chi connectivity index (χ0) is 18.9. The molecule has 1 aromatic carbocycles. The lowest BCUT2D eigenvalue weighted by Crippen LogP contribution is -2.47. The molecule has 0 amide bonds. The maximum atomic E-state index is 9.77. The number of nitrogens with zero attached hydrogens (tertiary/aromatic N) is 3. The first kappa shape index (κ1) is 21.2. The number of hydrogen-bond acceptors (Lipinski definition) is 4. The molecule has 1 fully saturated rings. The maximum absolute atomic E-state index is 9.77. The number of anilines is 1. The Morgan fingerprint density at radius 1 is 1.04 bits per heavy atom. The van der Waals surface area contributed by atoms with Crippen molar-refractivity contribution in [3.05, 3.63) is 29.8 Å². The third-order valence-corrected chi connectivity index (χ3v) is 5.66. The van der Waals surface area contributed by atoms with Crippen LogP contribution in [0.2, 0.25) is 0 Å². The number of benzene rings is 1. The Hall–Kier alpha value is -1.10. The summed E-state index contributed by atoms with van der Waals surface area (Å²) in [5.74, 6) is 0.879. The van der Waals surface area contributed by atoms with E-state index in [2.05, 4.69) is 47.9 Å². The van der Waals surface area contributed by atoms with Crippen molar-refractivity contribution in [1.29, 1.82) is 0 Å². The number of aliphatic hydroxyl groups excluding tert-OH is 1. The third-order valence-electron chi connectivity index (χ3n) is 5.66. The fourth-order valence-corrected chi connectivity index (χ4v) is 3.99. The van der Waals surface area contributed by atoms with Gasteiger partial charge in [0, 0.05) is 52.0 Å². The molecule has 0 bridgehead atoms.